The molecule has 0 radical (unpaired) electrons. The molecule has 0 aliphatic carbocycles. The van der Waals surface area contributed by atoms with Gasteiger partial charge in [-0.2, -0.15) is 0 Å². The Bertz CT molecular complexity index is 664. The summed E-state index contributed by atoms with van der Waals surface area (Å²) in [5.41, 5.74) is 1.92. The maximum atomic E-state index is 6.24. The fourth-order valence-electron chi connectivity index (χ4n) is 1.97. The molecule has 0 saturated heterocycles. The van der Waals surface area contributed by atoms with Crippen molar-refractivity contribution in [3.05, 3.63) is 33.2 Å². The summed E-state index contributed by atoms with van der Waals surface area (Å²) in [5, 5.41) is 7.13. The SMILES string of the molecule is CC(C)(C)c1nc(CNc2cc3c(cc2Cl)OCO3)cs1. The quantitative estimate of drug-likeness (QED) is 0.906. The molecule has 0 atom stereocenters. The number of thiazole rings is 1. The topological polar surface area (TPSA) is 43.4 Å². The molecule has 1 aliphatic heterocycles. The second-order valence-corrected chi connectivity index (χ2v) is 7.20. The lowest BCUT2D eigenvalue weighted by Crippen LogP contribution is -2.11. The number of hydrogen-bond acceptors (Lipinski definition) is 5. The molecule has 1 aliphatic rings. The number of benzene rings is 1. The standard InChI is InChI=1S/C15H17ClN2O2S/c1-15(2,3)14-18-9(7-21-14)6-17-11-5-13-12(4-10(11)16)19-8-20-13/h4-5,7,17H,6,8H2,1-3H3. The van der Waals surface area contributed by atoms with E-state index in [2.05, 4.69) is 36.5 Å². The molecule has 0 bridgehead atoms. The zero-order valence-electron chi connectivity index (χ0n) is 12.2. The second kappa shape index (κ2) is 5.39. The fraction of sp³-hybridized carbons (Fsp3) is 0.400. The van der Waals surface area contributed by atoms with Crippen molar-refractivity contribution in [2.24, 2.45) is 0 Å². The van der Waals surface area contributed by atoms with Crippen molar-refractivity contribution in [2.45, 2.75) is 32.7 Å². The predicted octanol–water partition coefficient (Wildman–Crippen LogP) is 4.43. The number of rotatable bonds is 3. The average Bonchev–Trinajstić information content (AvgIpc) is 3.03. The van der Waals surface area contributed by atoms with Crippen LogP contribution < -0.4 is 14.8 Å². The number of hydrogen-bond donors (Lipinski definition) is 1. The van der Waals surface area contributed by atoms with Crippen molar-refractivity contribution < 1.29 is 9.47 Å². The fourth-order valence-corrected chi connectivity index (χ4v) is 3.10. The Morgan fingerprint density at radius 1 is 1.29 bits per heavy atom. The zero-order valence-corrected chi connectivity index (χ0v) is 13.8. The van der Waals surface area contributed by atoms with Crippen LogP contribution >= 0.6 is 22.9 Å². The van der Waals surface area contributed by atoms with Gasteiger partial charge in [0.1, 0.15) is 0 Å². The Labute approximate surface area is 133 Å². The molecular formula is C15H17ClN2O2S. The highest BCUT2D eigenvalue weighted by Gasteiger charge is 2.19. The largest absolute Gasteiger partial charge is 0.454 e. The van der Waals surface area contributed by atoms with Gasteiger partial charge in [-0.1, -0.05) is 32.4 Å². The highest BCUT2D eigenvalue weighted by Crippen LogP contribution is 2.39. The van der Waals surface area contributed by atoms with Crippen LogP contribution in [0.2, 0.25) is 5.02 Å². The van der Waals surface area contributed by atoms with Crippen LogP contribution in [0.15, 0.2) is 17.5 Å². The van der Waals surface area contributed by atoms with Crippen LogP contribution in [0.25, 0.3) is 0 Å². The van der Waals surface area contributed by atoms with Gasteiger partial charge < -0.3 is 14.8 Å². The first-order valence-corrected chi connectivity index (χ1v) is 7.97. The zero-order chi connectivity index (χ0) is 15.0. The minimum absolute atomic E-state index is 0.0826. The summed E-state index contributed by atoms with van der Waals surface area (Å²) in [6, 6.07) is 3.63. The lowest BCUT2D eigenvalue weighted by atomic mass is 9.98. The Hall–Kier alpha value is -1.46. The number of halogens is 1. The van der Waals surface area contributed by atoms with Crippen LogP contribution in [-0.2, 0) is 12.0 Å². The Kier molecular flexibility index (Phi) is 3.71. The molecule has 21 heavy (non-hydrogen) atoms. The van der Waals surface area contributed by atoms with Gasteiger partial charge in [-0.3, -0.25) is 0 Å². The van der Waals surface area contributed by atoms with Crippen molar-refractivity contribution in [1.29, 1.82) is 0 Å². The smallest absolute Gasteiger partial charge is 0.231 e. The van der Waals surface area contributed by atoms with E-state index in [9.17, 15) is 0 Å². The molecule has 1 aromatic carbocycles. The summed E-state index contributed by atoms with van der Waals surface area (Å²) in [5.74, 6) is 1.41. The van der Waals surface area contributed by atoms with Crippen LogP contribution in [-0.4, -0.2) is 11.8 Å². The van der Waals surface area contributed by atoms with Crippen LogP contribution in [0.4, 0.5) is 5.69 Å². The minimum Gasteiger partial charge on any atom is -0.454 e. The van der Waals surface area contributed by atoms with Crippen molar-refractivity contribution in [3.8, 4) is 11.5 Å². The highest BCUT2D eigenvalue weighted by atomic mass is 35.5. The van der Waals surface area contributed by atoms with Gasteiger partial charge >= 0.3 is 0 Å². The van der Waals surface area contributed by atoms with Crippen molar-refractivity contribution in [2.75, 3.05) is 12.1 Å². The van der Waals surface area contributed by atoms with Gasteiger partial charge in [0.2, 0.25) is 6.79 Å². The first-order valence-electron chi connectivity index (χ1n) is 6.71. The molecule has 6 heteroatoms. The molecule has 1 N–H and O–H groups in total. The van der Waals surface area contributed by atoms with Gasteiger partial charge in [-0.05, 0) is 0 Å². The second-order valence-electron chi connectivity index (χ2n) is 5.93. The van der Waals surface area contributed by atoms with E-state index in [1.54, 1.807) is 17.4 Å². The summed E-state index contributed by atoms with van der Waals surface area (Å²) in [4.78, 5) is 4.66. The van der Waals surface area contributed by atoms with Gasteiger partial charge in [-0.25, -0.2) is 4.98 Å². The normalized spacial score (nSPS) is 13.5. The Balaban J connectivity index is 1.72. The maximum absolute atomic E-state index is 6.24. The van der Waals surface area contributed by atoms with Crippen molar-refractivity contribution >= 4 is 28.6 Å². The van der Waals surface area contributed by atoms with E-state index in [-0.39, 0.29) is 12.2 Å². The van der Waals surface area contributed by atoms with Crippen LogP contribution in [0.5, 0.6) is 11.5 Å². The third-order valence-corrected chi connectivity index (χ3v) is 4.75. The summed E-state index contributed by atoms with van der Waals surface area (Å²) in [6.07, 6.45) is 0. The summed E-state index contributed by atoms with van der Waals surface area (Å²) >= 11 is 7.92. The summed E-state index contributed by atoms with van der Waals surface area (Å²) < 4.78 is 10.7. The molecule has 2 heterocycles. The summed E-state index contributed by atoms with van der Waals surface area (Å²) in [6.45, 7) is 7.37. The van der Waals surface area contributed by atoms with Gasteiger partial charge in [0.25, 0.3) is 0 Å². The maximum Gasteiger partial charge on any atom is 0.231 e. The number of ether oxygens (including phenoxy) is 2. The van der Waals surface area contributed by atoms with E-state index in [1.807, 2.05) is 6.07 Å². The third kappa shape index (κ3) is 3.09. The third-order valence-electron chi connectivity index (χ3n) is 3.12. The highest BCUT2D eigenvalue weighted by molar-refractivity contribution is 7.09. The van der Waals surface area contributed by atoms with Gasteiger partial charge in [0.15, 0.2) is 11.5 Å². The molecular weight excluding hydrogens is 308 g/mol. The molecule has 0 unspecified atom stereocenters. The van der Waals surface area contributed by atoms with Crippen LogP contribution in [0.3, 0.4) is 0 Å². The van der Waals surface area contributed by atoms with Crippen LogP contribution in [0, 0.1) is 0 Å². The van der Waals surface area contributed by atoms with Crippen molar-refractivity contribution in [1.82, 2.24) is 4.98 Å². The van der Waals surface area contributed by atoms with Crippen LogP contribution in [0.1, 0.15) is 31.5 Å². The first-order chi connectivity index (χ1) is 9.93. The molecule has 2 aromatic rings. The van der Waals surface area contributed by atoms with Crippen molar-refractivity contribution in [3.63, 3.8) is 0 Å². The van der Waals surface area contributed by atoms with Gasteiger partial charge in [0.05, 0.1) is 28.0 Å². The predicted molar refractivity (Wildman–Crippen MR) is 85.7 cm³/mol. The molecule has 3 rings (SSSR count). The lowest BCUT2D eigenvalue weighted by Gasteiger charge is -2.13. The van der Waals surface area contributed by atoms with E-state index < -0.39 is 0 Å². The Morgan fingerprint density at radius 3 is 2.67 bits per heavy atom. The number of nitrogens with zero attached hydrogens (tertiary/aromatic N) is 1. The molecule has 112 valence electrons. The molecule has 0 fully saturated rings. The first kappa shape index (κ1) is 14.5. The van der Waals surface area contributed by atoms with E-state index in [0.717, 1.165) is 22.1 Å². The average molecular weight is 325 g/mol. The molecule has 0 spiro atoms. The summed E-state index contributed by atoms with van der Waals surface area (Å²) in [7, 11) is 0. The monoisotopic (exact) mass is 324 g/mol. The van der Waals surface area contributed by atoms with Gasteiger partial charge in [0, 0.05) is 22.9 Å². The van der Waals surface area contributed by atoms with E-state index in [4.69, 9.17) is 21.1 Å². The van der Waals surface area contributed by atoms with E-state index in [0.29, 0.717) is 17.3 Å². The lowest BCUT2D eigenvalue weighted by molar-refractivity contribution is 0.174. The number of fused-ring (bicyclic) bond motifs is 1. The molecule has 0 amide bonds. The van der Waals surface area contributed by atoms with E-state index >= 15 is 0 Å². The Morgan fingerprint density at radius 2 is 2.00 bits per heavy atom. The molecule has 1 aromatic heterocycles. The minimum atomic E-state index is 0.0826. The van der Waals surface area contributed by atoms with Gasteiger partial charge in [-0.15, -0.1) is 11.3 Å². The molecule has 0 saturated carbocycles. The van der Waals surface area contributed by atoms with E-state index in [1.165, 1.54) is 0 Å². The number of aromatic nitrogens is 1. The number of nitrogens with one attached hydrogen (secondary N) is 1. The molecule has 4 nitrogen and oxygen atoms in total. The number of anilines is 1.